The number of hydrogen-bond acceptors (Lipinski definition) is 9. The smallest absolute Gasteiger partial charge is 0.279 e. The van der Waals surface area contributed by atoms with Crippen molar-refractivity contribution < 1.29 is 14.3 Å². The maximum atomic E-state index is 13.2. The Morgan fingerprint density at radius 2 is 1.94 bits per heavy atom. The number of rotatable bonds is 6. The number of anilines is 1. The second-order valence-corrected chi connectivity index (χ2v) is 9.84. The van der Waals surface area contributed by atoms with Crippen LogP contribution in [0.4, 0.5) is 5.13 Å². The van der Waals surface area contributed by atoms with Crippen molar-refractivity contribution in [3.05, 3.63) is 57.6 Å². The summed E-state index contributed by atoms with van der Waals surface area (Å²) in [6, 6.07) is 9.35. The van der Waals surface area contributed by atoms with Crippen molar-refractivity contribution in [2.45, 2.75) is 25.7 Å². The van der Waals surface area contributed by atoms with Crippen molar-refractivity contribution in [1.82, 2.24) is 25.1 Å². The molecule has 4 heterocycles. The van der Waals surface area contributed by atoms with E-state index in [2.05, 4.69) is 20.2 Å². The number of para-hydroxylation sites is 1. The van der Waals surface area contributed by atoms with Crippen molar-refractivity contribution in [3.8, 4) is 5.75 Å². The Labute approximate surface area is 210 Å². The van der Waals surface area contributed by atoms with Gasteiger partial charge < -0.3 is 9.64 Å². The summed E-state index contributed by atoms with van der Waals surface area (Å²) in [4.78, 5) is 38.8. The van der Waals surface area contributed by atoms with Crippen LogP contribution in [0.25, 0.3) is 10.9 Å². The summed E-state index contributed by atoms with van der Waals surface area (Å²) in [6.45, 7) is 3.61. The van der Waals surface area contributed by atoms with Gasteiger partial charge in [0.15, 0.2) is 0 Å². The minimum absolute atomic E-state index is 0.0989. The number of benzene rings is 1. The van der Waals surface area contributed by atoms with Crippen molar-refractivity contribution in [1.29, 1.82) is 0 Å². The maximum Gasteiger partial charge on any atom is 0.279 e. The Morgan fingerprint density at radius 1 is 1.14 bits per heavy atom. The van der Waals surface area contributed by atoms with Gasteiger partial charge in [-0.25, -0.2) is 9.97 Å². The molecule has 1 aliphatic heterocycles. The number of pyridine rings is 1. The highest BCUT2D eigenvalue weighted by atomic mass is 32.1. The van der Waals surface area contributed by atoms with Crippen LogP contribution >= 0.6 is 22.7 Å². The molecule has 0 bridgehead atoms. The van der Waals surface area contributed by atoms with Gasteiger partial charge >= 0.3 is 0 Å². The summed E-state index contributed by atoms with van der Waals surface area (Å²) in [6.07, 6.45) is 1.57. The molecule has 1 fully saturated rings. The normalized spacial score (nSPS) is 14.3. The van der Waals surface area contributed by atoms with Crippen LogP contribution in [0.15, 0.2) is 41.2 Å². The molecule has 0 unspecified atom stereocenters. The third kappa shape index (κ3) is 4.61. The van der Waals surface area contributed by atoms with E-state index in [1.165, 1.54) is 22.7 Å². The van der Waals surface area contributed by atoms with Gasteiger partial charge in [-0.2, -0.15) is 0 Å². The predicted molar refractivity (Wildman–Crippen MR) is 136 cm³/mol. The molecule has 0 N–H and O–H groups in total. The van der Waals surface area contributed by atoms with Gasteiger partial charge in [0, 0.05) is 42.4 Å². The van der Waals surface area contributed by atoms with E-state index in [1.54, 1.807) is 23.6 Å². The van der Waals surface area contributed by atoms with E-state index >= 15 is 0 Å². The number of carbonyl (C=O) groups excluding carboxylic acids is 2. The number of methoxy groups -OCH3 is 1. The lowest BCUT2D eigenvalue weighted by molar-refractivity contribution is 0.0707. The lowest BCUT2D eigenvalue weighted by Crippen LogP contribution is -2.38. The van der Waals surface area contributed by atoms with Crippen LogP contribution in [0, 0.1) is 0 Å². The molecule has 0 spiro atoms. The van der Waals surface area contributed by atoms with Gasteiger partial charge in [0.05, 0.1) is 17.6 Å². The molecule has 0 radical (unpaired) electrons. The number of carbonyl (C=O) groups is 2. The van der Waals surface area contributed by atoms with E-state index < -0.39 is 0 Å². The molecule has 35 heavy (non-hydrogen) atoms. The van der Waals surface area contributed by atoms with Gasteiger partial charge in [0.1, 0.15) is 22.6 Å². The monoisotopic (exact) mass is 508 g/mol. The van der Waals surface area contributed by atoms with Gasteiger partial charge in [-0.3, -0.25) is 14.5 Å². The Hall–Kier alpha value is -3.44. The first-order valence-electron chi connectivity index (χ1n) is 11.4. The van der Waals surface area contributed by atoms with Crippen molar-refractivity contribution in [3.63, 3.8) is 0 Å². The lowest BCUT2D eigenvalue weighted by atomic mass is 9.97. The number of thiazole rings is 1. The van der Waals surface area contributed by atoms with E-state index in [9.17, 15) is 9.59 Å². The zero-order valence-corrected chi connectivity index (χ0v) is 21.0. The molecule has 9 nitrogen and oxygen atoms in total. The summed E-state index contributed by atoms with van der Waals surface area (Å²) < 4.78 is 5.50. The standard InChI is InChI=1S/C24H24N6O3S2/c1-3-30(24-28-25-14-35-24)23(32)19-13-34-21(27-19)15-8-10-29(11-9-15)22(31)18-12-20(33-2)16-6-4-5-7-17(16)26-18/h4-7,12-15H,3,8-11H2,1-2H3. The van der Waals surface area contributed by atoms with Crippen LogP contribution in [0.3, 0.4) is 0 Å². The molecule has 0 aliphatic carbocycles. The van der Waals surface area contributed by atoms with E-state index in [-0.39, 0.29) is 17.7 Å². The average Bonchev–Trinajstić information content (AvgIpc) is 3.61. The van der Waals surface area contributed by atoms with Crippen LogP contribution in [0.5, 0.6) is 5.75 Å². The van der Waals surface area contributed by atoms with Gasteiger partial charge in [0.25, 0.3) is 11.8 Å². The Balaban J connectivity index is 1.26. The zero-order chi connectivity index (χ0) is 24.4. The van der Waals surface area contributed by atoms with E-state index in [1.807, 2.05) is 41.5 Å². The third-order valence-electron chi connectivity index (χ3n) is 6.13. The molecule has 4 aromatic rings. The zero-order valence-electron chi connectivity index (χ0n) is 19.4. The molecule has 5 rings (SSSR count). The van der Waals surface area contributed by atoms with Crippen LogP contribution in [0.2, 0.25) is 0 Å². The SMILES string of the molecule is CCN(C(=O)c1csc(C2CCN(C(=O)c3cc(OC)c4ccccc4n3)CC2)n1)c1nncs1. The van der Waals surface area contributed by atoms with Crippen molar-refractivity contribution >= 4 is 50.5 Å². The highest BCUT2D eigenvalue weighted by Gasteiger charge is 2.29. The highest BCUT2D eigenvalue weighted by molar-refractivity contribution is 7.13. The molecule has 1 aliphatic rings. The van der Waals surface area contributed by atoms with Gasteiger partial charge in [-0.1, -0.05) is 23.5 Å². The summed E-state index contributed by atoms with van der Waals surface area (Å²) in [5.74, 6) is 0.582. The number of aromatic nitrogens is 4. The molecule has 180 valence electrons. The van der Waals surface area contributed by atoms with Gasteiger partial charge in [-0.05, 0) is 31.9 Å². The fraction of sp³-hybridized carbons (Fsp3) is 0.333. The number of piperidine rings is 1. The average molecular weight is 509 g/mol. The summed E-state index contributed by atoms with van der Waals surface area (Å²) in [5, 5.41) is 12.0. The second kappa shape index (κ2) is 10.0. The highest BCUT2D eigenvalue weighted by Crippen LogP contribution is 2.32. The summed E-state index contributed by atoms with van der Waals surface area (Å²) >= 11 is 2.82. The van der Waals surface area contributed by atoms with Crippen LogP contribution in [-0.2, 0) is 0 Å². The molecule has 1 aromatic carbocycles. The fourth-order valence-corrected chi connectivity index (χ4v) is 5.86. The molecule has 11 heteroatoms. The third-order valence-corrected chi connectivity index (χ3v) is 7.85. The first kappa shape index (κ1) is 23.3. The molecule has 0 saturated carbocycles. The quantitative estimate of drug-likeness (QED) is 0.384. The van der Waals surface area contributed by atoms with Crippen LogP contribution < -0.4 is 9.64 Å². The number of hydrogen-bond donors (Lipinski definition) is 0. The molecule has 0 atom stereocenters. The molecular formula is C24H24N6O3S2. The van der Waals surface area contributed by atoms with E-state index in [4.69, 9.17) is 4.74 Å². The number of fused-ring (bicyclic) bond motifs is 1. The predicted octanol–water partition coefficient (Wildman–Crippen LogP) is 4.24. The first-order valence-corrected chi connectivity index (χ1v) is 13.1. The molecule has 3 aromatic heterocycles. The first-order chi connectivity index (χ1) is 17.1. The van der Waals surface area contributed by atoms with Crippen molar-refractivity contribution in [2.75, 3.05) is 31.6 Å². The maximum absolute atomic E-state index is 13.2. The topological polar surface area (TPSA) is 101 Å². The minimum Gasteiger partial charge on any atom is -0.496 e. The number of nitrogens with zero attached hydrogens (tertiary/aromatic N) is 6. The largest absolute Gasteiger partial charge is 0.496 e. The van der Waals surface area contributed by atoms with Crippen molar-refractivity contribution in [2.24, 2.45) is 0 Å². The van der Waals surface area contributed by atoms with Crippen LogP contribution in [-0.4, -0.2) is 63.6 Å². The minimum atomic E-state index is -0.171. The fourth-order valence-electron chi connectivity index (χ4n) is 4.28. The summed E-state index contributed by atoms with van der Waals surface area (Å²) in [7, 11) is 1.60. The van der Waals surface area contributed by atoms with Crippen LogP contribution in [0.1, 0.15) is 51.7 Å². The van der Waals surface area contributed by atoms with E-state index in [0.29, 0.717) is 41.9 Å². The molecule has 2 amide bonds. The Bertz CT molecular complexity index is 1350. The Morgan fingerprint density at radius 3 is 2.66 bits per heavy atom. The molecule has 1 saturated heterocycles. The van der Waals surface area contributed by atoms with Gasteiger partial charge in [0.2, 0.25) is 5.13 Å². The lowest BCUT2D eigenvalue weighted by Gasteiger charge is -2.31. The van der Waals surface area contributed by atoms with E-state index in [0.717, 1.165) is 28.8 Å². The van der Waals surface area contributed by atoms with Gasteiger partial charge in [-0.15, -0.1) is 21.5 Å². The second-order valence-electron chi connectivity index (χ2n) is 8.14. The number of ether oxygens (including phenoxy) is 1. The summed E-state index contributed by atoms with van der Waals surface area (Å²) in [5.41, 5.74) is 3.15. The number of amides is 2. The molecular weight excluding hydrogens is 484 g/mol. The number of likely N-dealkylation sites (tertiary alicyclic amines) is 1. The Kier molecular flexibility index (Phi) is 6.69.